The van der Waals surface area contributed by atoms with Crippen LogP contribution in [-0.2, 0) is 0 Å². The van der Waals surface area contributed by atoms with Gasteiger partial charge in [-0.3, -0.25) is 4.79 Å². The normalized spacial score (nSPS) is 11.0. The number of nitrogens with one attached hydrogen (secondary N) is 1. The van der Waals surface area contributed by atoms with Gasteiger partial charge in [0.25, 0.3) is 0 Å². The van der Waals surface area contributed by atoms with Gasteiger partial charge in [0.2, 0.25) is 0 Å². The first kappa shape index (κ1) is 15.3. The van der Waals surface area contributed by atoms with E-state index >= 15 is 0 Å². The van der Waals surface area contributed by atoms with Crippen LogP contribution in [0.5, 0.6) is 0 Å². The average molecular weight is 329 g/mol. The standard InChI is InChI=1S/C22H16FNO/c1-14-21(22(25)19-13-18(23)11-12-20(19)24-14)17-9-7-16(8-10-17)15-5-3-2-4-6-15/h2-13H,1H3,(H,24,25). The van der Waals surface area contributed by atoms with Crippen molar-refractivity contribution in [3.05, 3.63) is 94.5 Å². The van der Waals surface area contributed by atoms with Gasteiger partial charge in [0, 0.05) is 22.2 Å². The summed E-state index contributed by atoms with van der Waals surface area (Å²) in [5, 5.41) is 0.368. The second-order valence-corrected chi connectivity index (χ2v) is 6.09. The van der Waals surface area contributed by atoms with Crippen LogP contribution >= 0.6 is 0 Å². The summed E-state index contributed by atoms with van der Waals surface area (Å²) in [6.45, 7) is 1.87. The molecule has 4 rings (SSSR count). The first-order valence-corrected chi connectivity index (χ1v) is 8.11. The molecule has 0 saturated carbocycles. The van der Waals surface area contributed by atoms with Crippen molar-refractivity contribution in [1.29, 1.82) is 0 Å². The predicted molar refractivity (Wildman–Crippen MR) is 100 cm³/mol. The number of hydrogen-bond acceptors (Lipinski definition) is 1. The van der Waals surface area contributed by atoms with Crippen molar-refractivity contribution in [1.82, 2.24) is 4.98 Å². The first-order chi connectivity index (χ1) is 12.1. The zero-order valence-electron chi connectivity index (χ0n) is 13.7. The Bertz CT molecular complexity index is 1110. The summed E-state index contributed by atoms with van der Waals surface area (Å²) in [7, 11) is 0. The summed E-state index contributed by atoms with van der Waals surface area (Å²) >= 11 is 0. The van der Waals surface area contributed by atoms with Gasteiger partial charge in [-0.15, -0.1) is 0 Å². The van der Waals surface area contributed by atoms with Crippen molar-refractivity contribution in [2.75, 3.05) is 0 Å². The van der Waals surface area contributed by atoms with Crippen molar-refractivity contribution >= 4 is 10.9 Å². The lowest BCUT2D eigenvalue weighted by atomic mass is 9.98. The lowest BCUT2D eigenvalue weighted by molar-refractivity contribution is 0.629. The molecule has 4 aromatic rings. The molecule has 0 aliphatic rings. The Hall–Kier alpha value is -3.20. The van der Waals surface area contributed by atoms with Crippen molar-refractivity contribution in [2.45, 2.75) is 6.92 Å². The fourth-order valence-electron chi connectivity index (χ4n) is 3.19. The molecule has 0 spiro atoms. The quantitative estimate of drug-likeness (QED) is 0.531. The first-order valence-electron chi connectivity index (χ1n) is 8.11. The topological polar surface area (TPSA) is 32.9 Å². The zero-order chi connectivity index (χ0) is 17.4. The van der Waals surface area contributed by atoms with Crippen LogP contribution in [-0.4, -0.2) is 4.98 Å². The molecule has 0 radical (unpaired) electrons. The Morgan fingerprint density at radius 3 is 2.16 bits per heavy atom. The highest BCUT2D eigenvalue weighted by atomic mass is 19.1. The number of benzene rings is 3. The maximum atomic E-state index is 13.5. The van der Waals surface area contributed by atoms with Gasteiger partial charge in [-0.05, 0) is 41.8 Å². The molecule has 0 amide bonds. The molecule has 1 heterocycles. The highest BCUT2D eigenvalue weighted by Gasteiger charge is 2.12. The van der Waals surface area contributed by atoms with Gasteiger partial charge in [-0.25, -0.2) is 4.39 Å². The lowest BCUT2D eigenvalue weighted by Crippen LogP contribution is -2.09. The molecule has 1 N–H and O–H groups in total. The maximum absolute atomic E-state index is 13.5. The van der Waals surface area contributed by atoms with Gasteiger partial charge in [0.15, 0.2) is 5.43 Å². The molecule has 0 fully saturated rings. The van der Waals surface area contributed by atoms with Crippen LogP contribution in [0.2, 0.25) is 0 Å². The number of hydrogen-bond donors (Lipinski definition) is 1. The third-order valence-electron chi connectivity index (χ3n) is 4.43. The Morgan fingerprint density at radius 2 is 1.44 bits per heavy atom. The second-order valence-electron chi connectivity index (χ2n) is 6.09. The third-order valence-corrected chi connectivity index (χ3v) is 4.43. The van der Waals surface area contributed by atoms with Crippen LogP contribution in [0.15, 0.2) is 77.6 Å². The molecule has 0 bridgehead atoms. The van der Waals surface area contributed by atoms with E-state index < -0.39 is 5.82 Å². The number of rotatable bonds is 2. The van der Waals surface area contributed by atoms with E-state index in [1.54, 1.807) is 6.07 Å². The van der Waals surface area contributed by atoms with Gasteiger partial charge >= 0.3 is 0 Å². The smallest absolute Gasteiger partial charge is 0.197 e. The molecule has 2 nitrogen and oxygen atoms in total. The van der Waals surface area contributed by atoms with E-state index in [0.717, 1.165) is 22.4 Å². The molecule has 1 aromatic heterocycles. The molecular formula is C22H16FNO. The van der Waals surface area contributed by atoms with Gasteiger partial charge in [0.1, 0.15) is 5.82 Å². The fourth-order valence-corrected chi connectivity index (χ4v) is 3.19. The highest BCUT2D eigenvalue weighted by molar-refractivity contribution is 5.85. The van der Waals surface area contributed by atoms with Gasteiger partial charge in [-0.1, -0.05) is 54.6 Å². The second kappa shape index (κ2) is 6.02. The number of pyridine rings is 1. The van der Waals surface area contributed by atoms with Crippen molar-refractivity contribution in [2.24, 2.45) is 0 Å². The zero-order valence-corrected chi connectivity index (χ0v) is 13.7. The van der Waals surface area contributed by atoms with Crippen molar-refractivity contribution in [3.8, 4) is 22.3 Å². The van der Waals surface area contributed by atoms with E-state index in [1.165, 1.54) is 12.1 Å². The number of aromatic amines is 1. The Labute approximate surface area is 144 Å². The number of halogens is 1. The molecule has 3 aromatic carbocycles. The Balaban J connectivity index is 1.86. The van der Waals surface area contributed by atoms with Crippen LogP contribution in [0.4, 0.5) is 4.39 Å². The summed E-state index contributed by atoms with van der Waals surface area (Å²) in [5.41, 5.74) is 4.89. The van der Waals surface area contributed by atoms with Crippen molar-refractivity contribution < 1.29 is 4.39 Å². The minimum Gasteiger partial charge on any atom is -0.358 e. The van der Waals surface area contributed by atoms with Crippen LogP contribution in [0, 0.1) is 12.7 Å². The van der Waals surface area contributed by atoms with Crippen LogP contribution in [0.25, 0.3) is 33.2 Å². The van der Waals surface area contributed by atoms with Gasteiger partial charge in [-0.2, -0.15) is 0 Å². The van der Waals surface area contributed by atoms with E-state index in [2.05, 4.69) is 4.98 Å². The van der Waals surface area contributed by atoms with E-state index in [0.29, 0.717) is 16.5 Å². The molecule has 0 aliphatic carbocycles. The number of aromatic nitrogens is 1. The summed E-state index contributed by atoms with van der Waals surface area (Å²) in [5.74, 6) is -0.410. The van der Waals surface area contributed by atoms with E-state index in [-0.39, 0.29) is 5.43 Å². The minimum absolute atomic E-state index is 0.154. The number of H-pyrrole nitrogens is 1. The molecule has 0 saturated heterocycles. The monoisotopic (exact) mass is 329 g/mol. The summed E-state index contributed by atoms with van der Waals surface area (Å²) in [6, 6.07) is 22.2. The molecule has 0 unspecified atom stereocenters. The molecule has 0 aliphatic heterocycles. The SMILES string of the molecule is Cc1[nH]c2ccc(F)cc2c(=O)c1-c1ccc(-c2ccccc2)cc1. The van der Waals surface area contributed by atoms with Crippen LogP contribution in [0.3, 0.4) is 0 Å². The van der Waals surface area contributed by atoms with E-state index in [9.17, 15) is 9.18 Å². The van der Waals surface area contributed by atoms with Gasteiger partial charge in [0.05, 0.1) is 0 Å². The summed E-state index contributed by atoms with van der Waals surface area (Å²) in [4.78, 5) is 16.1. The molecule has 0 atom stereocenters. The fraction of sp³-hybridized carbons (Fsp3) is 0.0455. The minimum atomic E-state index is -0.410. The number of aryl methyl sites for hydroxylation is 1. The Morgan fingerprint density at radius 1 is 0.800 bits per heavy atom. The largest absolute Gasteiger partial charge is 0.358 e. The molecule has 25 heavy (non-hydrogen) atoms. The van der Waals surface area contributed by atoms with Crippen molar-refractivity contribution in [3.63, 3.8) is 0 Å². The third kappa shape index (κ3) is 2.74. The predicted octanol–water partition coefficient (Wildman–Crippen LogP) is 5.31. The Kier molecular flexibility index (Phi) is 3.69. The van der Waals surface area contributed by atoms with Crippen LogP contribution < -0.4 is 5.43 Å². The van der Waals surface area contributed by atoms with Gasteiger partial charge < -0.3 is 4.98 Å². The summed E-state index contributed by atoms with van der Waals surface area (Å²) < 4.78 is 13.5. The van der Waals surface area contributed by atoms with E-state index in [4.69, 9.17) is 0 Å². The molecule has 122 valence electrons. The lowest BCUT2D eigenvalue weighted by Gasteiger charge is -2.09. The molecule has 3 heteroatoms. The van der Waals surface area contributed by atoms with Crippen LogP contribution in [0.1, 0.15) is 5.69 Å². The highest BCUT2D eigenvalue weighted by Crippen LogP contribution is 2.26. The molecular weight excluding hydrogens is 313 g/mol. The average Bonchev–Trinajstić information content (AvgIpc) is 2.64. The maximum Gasteiger partial charge on any atom is 0.197 e. The summed E-state index contributed by atoms with van der Waals surface area (Å²) in [6.07, 6.45) is 0. The number of fused-ring (bicyclic) bond motifs is 1. The van der Waals surface area contributed by atoms with E-state index in [1.807, 2.05) is 61.5 Å².